The molecule has 1 fully saturated rings. The number of rotatable bonds is 8. The van der Waals surface area contributed by atoms with Crippen molar-refractivity contribution in [1.29, 1.82) is 0 Å². The number of phenolic OH excluding ortho intramolecular Hbond substituents is 1. The molecule has 2 N–H and O–H groups in total. The van der Waals surface area contributed by atoms with E-state index in [-0.39, 0.29) is 22.2 Å². The molecular weight excluding hydrogens is 404 g/mol. The normalized spacial score (nSPS) is 18.5. The second kappa shape index (κ2) is 8.09. The monoisotopic (exact) mass is 432 g/mol. The molecule has 0 aliphatic carbocycles. The van der Waals surface area contributed by atoms with Crippen LogP contribution in [0, 0.1) is 5.92 Å². The number of sulfonamides is 1. The summed E-state index contributed by atoms with van der Waals surface area (Å²) in [5.74, 6) is 1.84. The Kier molecular flexibility index (Phi) is 5.65. The quantitative estimate of drug-likeness (QED) is 0.666. The molecule has 0 bridgehead atoms. The van der Waals surface area contributed by atoms with E-state index in [1.165, 1.54) is 29.8 Å². The largest absolute Gasteiger partial charge is 0.508 e. The van der Waals surface area contributed by atoms with Gasteiger partial charge in [0.2, 0.25) is 10.0 Å². The number of benzene rings is 2. The summed E-state index contributed by atoms with van der Waals surface area (Å²) in [6.07, 6.45) is 0.881. The zero-order valence-electron chi connectivity index (χ0n) is 17.3. The summed E-state index contributed by atoms with van der Waals surface area (Å²) in [4.78, 5) is 2.31. The van der Waals surface area contributed by atoms with Crippen LogP contribution < -0.4 is 14.2 Å². The van der Waals surface area contributed by atoms with Gasteiger partial charge in [-0.1, -0.05) is 18.2 Å². The lowest BCUT2D eigenvalue weighted by Crippen LogP contribution is -2.52. The van der Waals surface area contributed by atoms with E-state index in [1.54, 1.807) is 0 Å². The molecule has 2 aliphatic rings. The molecule has 0 atom stereocenters. The van der Waals surface area contributed by atoms with Crippen LogP contribution in [0.25, 0.3) is 0 Å². The minimum absolute atomic E-state index is 0.0642. The van der Waals surface area contributed by atoms with Crippen molar-refractivity contribution in [2.75, 3.05) is 32.8 Å². The van der Waals surface area contributed by atoms with Gasteiger partial charge >= 0.3 is 0 Å². The van der Waals surface area contributed by atoms with Crippen LogP contribution in [0.4, 0.5) is 0 Å². The Hall–Kier alpha value is -2.29. The van der Waals surface area contributed by atoms with Gasteiger partial charge in [0.25, 0.3) is 0 Å². The Labute approximate surface area is 177 Å². The number of likely N-dealkylation sites (tertiary alicyclic amines) is 1. The van der Waals surface area contributed by atoms with E-state index in [4.69, 9.17) is 9.47 Å². The highest BCUT2D eigenvalue weighted by Gasteiger charge is 2.32. The number of hydrogen-bond donors (Lipinski definition) is 2. The average molecular weight is 433 g/mol. The van der Waals surface area contributed by atoms with E-state index in [2.05, 4.69) is 29.5 Å². The molecule has 0 radical (unpaired) electrons. The second-order valence-electron chi connectivity index (χ2n) is 8.61. The van der Waals surface area contributed by atoms with Gasteiger partial charge in [-0.05, 0) is 44.0 Å². The highest BCUT2D eigenvalue weighted by Crippen LogP contribution is 2.41. The molecule has 0 saturated carbocycles. The van der Waals surface area contributed by atoms with E-state index >= 15 is 0 Å². The maximum atomic E-state index is 12.3. The highest BCUT2D eigenvalue weighted by atomic mass is 32.2. The number of aromatic hydroxyl groups is 1. The summed E-state index contributed by atoms with van der Waals surface area (Å²) >= 11 is 0. The van der Waals surface area contributed by atoms with Gasteiger partial charge in [0.05, 0.1) is 4.90 Å². The minimum atomic E-state index is -3.61. The Morgan fingerprint density at radius 1 is 1.23 bits per heavy atom. The van der Waals surface area contributed by atoms with Crippen LogP contribution >= 0.6 is 0 Å². The lowest BCUT2D eigenvalue weighted by molar-refractivity contribution is 0.0829. The summed E-state index contributed by atoms with van der Waals surface area (Å²) in [7, 11) is -3.61. The summed E-state index contributed by atoms with van der Waals surface area (Å²) in [6, 6.07) is 11.7. The molecule has 30 heavy (non-hydrogen) atoms. The first-order valence-corrected chi connectivity index (χ1v) is 11.6. The predicted molar refractivity (Wildman–Crippen MR) is 114 cm³/mol. The first kappa shape index (κ1) is 21.0. The summed E-state index contributed by atoms with van der Waals surface area (Å²) in [5, 5.41) is 9.47. The van der Waals surface area contributed by atoms with Crippen molar-refractivity contribution in [2.45, 2.75) is 30.8 Å². The molecular formula is C22H28N2O5S. The van der Waals surface area contributed by atoms with Crippen LogP contribution in [0.3, 0.4) is 0 Å². The van der Waals surface area contributed by atoms with Gasteiger partial charge in [-0.25, -0.2) is 13.1 Å². The van der Waals surface area contributed by atoms with Crippen molar-refractivity contribution in [1.82, 2.24) is 9.62 Å². The van der Waals surface area contributed by atoms with Gasteiger partial charge < -0.3 is 14.6 Å². The Morgan fingerprint density at radius 2 is 2.00 bits per heavy atom. The van der Waals surface area contributed by atoms with Crippen LogP contribution in [0.2, 0.25) is 0 Å². The van der Waals surface area contributed by atoms with Crippen molar-refractivity contribution < 1.29 is 23.0 Å². The van der Waals surface area contributed by atoms with Crippen molar-refractivity contribution in [3.8, 4) is 17.2 Å². The van der Waals surface area contributed by atoms with Gasteiger partial charge in [-0.3, -0.25) is 4.90 Å². The molecule has 0 aromatic heterocycles. The maximum absolute atomic E-state index is 12.3. The van der Waals surface area contributed by atoms with E-state index < -0.39 is 10.0 Å². The molecule has 8 heteroatoms. The molecule has 0 unspecified atom stereocenters. The molecule has 1 saturated heterocycles. The third-order valence-electron chi connectivity index (χ3n) is 5.44. The standard InChI is InChI=1S/C22H28N2O5S/c1-22(2)12-17-5-3-8-20(21(17)29-22)28-10-9-24-14-16(15-24)13-23-30(26,27)19-7-4-6-18(25)11-19/h3-8,11,16,23,25H,9-10,12-15H2,1-2H3. The van der Waals surface area contributed by atoms with Crippen molar-refractivity contribution in [3.05, 3.63) is 48.0 Å². The van der Waals surface area contributed by atoms with E-state index in [0.29, 0.717) is 13.2 Å². The number of nitrogens with zero attached hydrogens (tertiary/aromatic N) is 1. The van der Waals surface area contributed by atoms with Gasteiger partial charge in [-0.2, -0.15) is 0 Å². The van der Waals surface area contributed by atoms with Gasteiger partial charge in [0, 0.05) is 38.2 Å². The summed E-state index contributed by atoms with van der Waals surface area (Å²) in [5.41, 5.74) is 0.985. The zero-order valence-corrected chi connectivity index (χ0v) is 18.1. The maximum Gasteiger partial charge on any atom is 0.240 e. The smallest absolute Gasteiger partial charge is 0.240 e. The molecule has 7 nitrogen and oxygen atoms in total. The van der Waals surface area contributed by atoms with Crippen LogP contribution in [-0.2, 0) is 16.4 Å². The van der Waals surface area contributed by atoms with Gasteiger partial charge in [0.1, 0.15) is 18.0 Å². The Morgan fingerprint density at radius 3 is 2.77 bits per heavy atom. The third kappa shape index (κ3) is 4.71. The first-order chi connectivity index (χ1) is 14.2. The first-order valence-electron chi connectivity index (χ1n) is 10.2. The van der Waals surface area contributed by atoms with Crippen LogP contribution in [-0.4, -0.2) is 56.8 Å². The van der Waals surface area contributed by atoms with Crippen molar-refractivity contribution >= 4 is 10.0 Å². The number of hydrogen-bond acceptors (Lipinski definition) is 6. The molecule has 0 spiro atoms. The highest BCUT2D eigenvalue weighted by molar-refractivity contribution is 7.89. The molecule has 2 aliphatic heterocycles. The fraction of sp³-hybridized carbons (Fsp3) is 0.455. The SMILES string of the molecule is CC1(C)Cc2cccc(OCCN3CC(CNS(=O)(=O)c4cccc(O)c4)C3)c2O1. The van der Waals surface area contributed by atoms with E-state index in [9.17, 15) is 13.5 Å². The lowest BCUT2D eigenvalue weighted by atomic mass is 10.0. The molecule has 2 aromatic rings. The fourth-order valence-corrected chi connectivity index (χ4v) is 5.09. The van der Waals surface area contributed by atoms with Gasteiger partial charge in [-0.15, -0.1) is 0 Å². The number of fused-ring (bicyclic) bond motifs is 1. The summed E-state index contributed by atoms with van der Waals surface area (Å²) < 4.78 is 39.2. The number of nitrogens with one attached hydrogen (secondary N) is 1. The number of ether oxygens (including phenoxy) is 2. The molecule has 2 aromatic carbocycles. The van der Waals surface area contributed by atoms with Gasteiger partial charge in [0.15, 0.2) is 11.5 Å². The Bertz CT molecular complexity index is 1020. The topological polar surface area (TPSA) is 88.1 Å². The van der Waals surface area contributed by atoms with Crippen LogP contribution in [0.5, 0.6) is 17.2 Å². The number of phenols is 1. The third-order valence-corrected chi connectivity index (χ3v) is 6.86. The molecule has 0 amide bonds. The van der Waals surface area contributed by atoms with Crippen molar-refractivity contribution in [2.24, 2.45) is 5.92 Å². The molecule has 2 heterocycles. The lowest BCUT2D eigenvalue weighted by Gasteiger charge is -2.39. The average Bonchev–Trinajstić information content (AvgIpc) is 2.97. The van der Waals surface area contributed by atoms with E-state index in [0.717, 1.165) is 37.6 Å². The summed E-state index contributed by atoms with van der Waals surface area (Å²) in [6.45, 7) is 7.51. The fourth-order valence-electron chi connectivity index (χ4n) is 3.94. The Balaban J connectivity index is 1.19. The number of para-hydroxylation sites is 1. The molecule has 162 valence electrons. The van der Waals surface area contributed by atoms with Crippen LogP contribution in [0.15, 0.2) is 47.4 Å². The van der Waals surface area contributed by atoms with Crippen molar-refractivity contribution in [3.63, 3.8) is 0 Å². The minimum Gasteiger partial charge on any atom is -0.508 e. The van der Waals surface area contributed by atoms with Crippen LogP contribution in [0.1, 0.15) is 19.4 Å². The predicted octanol–water partition coefficient (Wildman–Crippen LogP) is 2.39. The zero-order chi connectivity index (χ0) is 21.4. The second-order valence-corrected chi connectivity index (χ2v) is 10.4. The van der Waals surface area contributed by atoms with E-state index in [1.807, 2.05) is 12.1 Å². The molecule has 4 rings (SSSR count).